The van der Waals surface area contributed by atoms with Crippen molar-refractivity contribution in [2.24, 2.45) is 23.2 Å². The zero-order valence-electron chi connectivity index (χ0n) is 10.1. The van der Waals surface area contributed by atoms with Gasteiger partial charge < -0.3 is 0 Å². The molecule has 0 nitrogen and oxygen atoms in total. The van der Waals surface area contributed by atoms with Crippen LogP contribution in [0.15, 0.2) is 0 Å². The molecular weight excluding hydrogens is 156 g/mol. The molecule has 0 aromatic carbocycles. The van der Waals surface area contributed by atoms with E-state index in [0.717, 1.165) is 17.8 Å². The largest absolute Gasteiger partial charge is 0.0651 e. The first-order valence-corrected chi connectivity index (χ1v) is 6.06. The molecule has 1 rings (SSSR count). The van der Waals surface area contributed by atoms with Crippen molar-refractivity contribution in [1.82, 2.24) is 0 Å². The third-order valence-corrected chi connectivity index (χ3v) is 4.92. The lowest BCUT2D eigenvalue weighted by Crippen LogP contribution is -2.41. The van der Waals surface area contributed by atoms with Crippen molar-refractivity contribution in [3.05, 3.63) is 0 Å². The molecule has 13 heavy (non-hydrogen) atoms. The van der Waals surface area contributed by atoms with Crippen molar-refractivity contribution in [2.45, 2.75) is 60.3 Å². The third-order valence-electron chi connectivity index (χ3n) is 4.92. The van der Waals surface area contributed by atoms with E-state index in [1.165, 1.54) is 25.7 Å². The van der Waals surface area contributed by atoms with Gasteiger partial charge in [0, 0.05) is 0 Å². The summed E-state index contributed by atoms with van der Waals surface area (Å²) in [7, 11) is 0. The van der Waals surface area contributed by atoms with Gasteiger partial charge in [-0.1, -0.05) is 53.9 Å². The van der Waals surface area contributed by atoms with Gasteiger partial charge in [-0.15, -0.1) is 0 Å². The Balaban J connectivity index is 2.83. The van der Waals surface area contributed by atoms with E-state index < -0.39 is 0 Å². The highest BCUT2D eigenvalue weighted by molar-refractivity contribution is 4.91. The maximum Gasteiger partial charge on any atom is -0.0272 e. The zero-order chi connectivity index (χ0) is 10.1. The second kappa shape index (κ2) is 4.02. The molecular formula is C13H26. The van der Waals surface area contributed by atoms with Gasteiger partial charge in [0.25, 0.3) is 0 Å². The first-order valence-electron chi connectivity index (χ1n) is 6.06. The van der Waals surface area contributed by atoms with Crippen LogP contribution in [0.1, 0.15) is 60.3 Å². The molecule has 0 aromatic rings. The molecule has 0 heterocycles. The Bertz CT molecular complexity index is 161. The molecule has 0 amide bonds. The highest BCUT2D eigenvalue weighted by atomic mass is 14.5. The fourth-order valence-corrected chi connectivity index (χ4v) is 3.54. The van der Waals surface area contributed by atoms with Crippen LogP contribution in [0.4, 0.5) is 0 Å². The Morgan fingerprint density at radius 2 is 1.77 bits per heavy atom. The lowest BCUT2D eigenvalue weighted by Gasteiger charge is -2.49. The molecule has 0 spiro atoms. The molecule has 4 unspecified atom stereocenters. The summed E-state index contributed by atoms with van der Waals surface area (Å²) in [6.45, 7) is 12.2. The minimum absolute atomic E-state index is 0.617. The normalized spacial score (nSPS) is 46.4. The van der Waals surface area contributed by atoms with Gasteiger partial charge in [0.2, 0.25) is 0 Å². The van der Waals surface area contributed by atoms with E-state index in [2.05, 4.69) is 34.6 Å². The standard InChI is InChI=1S/C13H26/c1-6-12-10(3)8-9-11(4)13(12,5)7-2/h10-12H,6-9H2,1-5H3. The van der Waals surface area contributed by atoms with Crippen LogP contribution in [0.25, 0.3) is 0 Å². The molecule has 0 bridgehead atoms. The van der Waals surface area contributed by atoms with Crippen molar-refractivity contribution < 1.29 is 0 Å². The van der Waals surface area contributed by atoms with Gasteiger partial charge in [-0.3, -0.25) is 0 Å². The minimum Gasteiger partial charge on any atom is -0.0651 e. The van der Waals surface area contributed by atoms with Crippen molar-refractivity contribution in [3.63, 3.8) is 0 Å². The Morgan fingerprint density at radius 1 is 1.15 bits per heavy atom. The Kier molecular flexibility index (Phi) is 3.43. The van der Waals surface area contributed by atoms with E-state index in [1.54, 1.807) is 0 Å². The maximum absolute atomic E-state index is 2.52. The molecule has 0 aromatic heterocycles. The molecule has 0 aliphatic heterocycles. The van der Waals surface area contributed by atoms with Gasteiger partial charge in [-0.25, -0.2) is 0 Å². The summed E-state index contributed by atoms with van der Waals surface area (Å²) in [5.74, 6) is 2.84. The van der Waals surface area contributed by atoms with Gasteiger partial charge in [0.05, 0.1) is 0 Å². The lowest BCUT2D eigenvalue weighted by molar-refractivity contribution is 0.00536. The first kappa shape index (κ1) is 11.1. The van der Waals surface area contributed by atoms with Crippen molar-refractivity contribution >= 4 is 0 Å². The Labute approximate surface area is 84.1 Å². The van der Waals surface area contributed by atoms with Crippen LogP contribution >= 0.6 is 0 Å². The van der Waals surface area contributed by atoms with E-state index in [1.807, 2.05) is 0 Å². The van der Waals surface area contributed by atoms with Crippen LogP contribution in [0.2, 0.25) is 0 Å². The highest BCUT2D eigenvalue weighted by Crippen LogP contribution is 2.51. The van der Waals surface area contributed by atoms with Crippen LogP contribution in [-0.4, -0.2) is 0 Å². The minimum atomic E-state index is 0.617. The first-order chi connectivity index (χ1) is 6.06. The SMILES string of the molecule is CCC1C(C)CCC(C)C1(C)CC. The van der Waals surface area contributed by atoms with Crippen LogP contribution in [0.5, 0.6) is 0 Å². The smallest absolute Gasteiger partial charge is 0.0272 e. The van der Waals surface area contributed by atoms with Gasteiger partial charge in [-0.05, 0) is 29.6 Å². The second-order valence-electron chi connectivity index (χ2n) is 5.33. The molecule has 1 saturated carbocycles. The fraction of sp³-hybridized carbons (Fsp3) is 1.00. The predicted octanol–water partition coefficient (Wildman–Crippen LogP) is 4.49. The van der Waals surface area contributed by atoms with Crippen LogP contribution in [0.3, 0.4) is 0 Å². The average molecular weight is 182 g/mol. The zero-order valence-corrected chi connectivity index (χ0v) is 10.1. The molecule has 1 aliphatic carbocycles. The molecule has 4 atom stereocenters. The molecule has 1 fully saturated rings. The van der Waals surface area contributed by atoms with Gasteiger partial charge in [0.1, 0.15) is 0 Å². The molecule has 0 heteroatoms. The molecule has 0 radical (unpaired) electrons. The van der Waals surface area contributed by atoms with Crippen molar-refractivity contribution in [3.8, 4) is 0 Å². The fourth-order valence-electron chi connectivity index (χ4n) is 3.54. The molecule has 0 saturated heterocycles. The summed E-state index contributed by atoms with van der Waals surface area (Å²) in [5.41, 5.74) is 0.617. The van der Waals surface area contributed by atoms with E-state index in [-0.39, 0.29) is 0 Å². The van der Waals surface area contributed by atoms with Crippen LogP contribution in [0, 0.1) is 23.2 Å². The second-order valence-corrected chi connectivity index (χ2v) is 5.33. The quantitative estimate of drug-likeness (QED) is 0.590. The monoisotopic (exact) mass is 182 g/mol. The topological polar surface area (TPSA) is 0 Å². The Hall–Kier alpha value is 0. The third kappa shape index (κ3) is 1.78. The van der Waals surface area contributed by atoms with Crippen molar-refractivity contribution in [1.29, 1.82) is 0 Å². The van der Waals surface area contributed by atoms with Crippen LogP contribution < -0.4 is 0 Å². The van der Waals surface area contributed by atoms with E-state index in [4.69, 9.17) is 0 Å². The number of rotatable bonds is 2. The summed E-state index contributed by atoms with van der Waals surface area (Å²) in [4.78, 5) is 0. The number of hydrogen-bond acceptors (Lipinski definition) is 0. The van der Waals surface area contributed by atoms with Crippen LogP contribution in [-0.2, 0) is 0 Å². The summed E-state index contributed by atoms with van der Waals surface area (Å²) in [5, 5.41) is 0. The van der Waals surface area contributed by atoms with Gasteiger partial charge >= 0.3 is 0 Å². The van der Waals surface area contributed by atoms with E-state index in [0.29, 0.717) is 5.41 Å². The summed E-state index contributed by atoms with van der Waals surface area (Å²) >= 11 is 0. The molecule has 78 valence electrons. The summed E-state index contributed by atoms with van der Waals surface area (Å²) < 4.78 is 0. The predicted molar refractivity (Wildman–Crippen MR) is 59.7 cm³/mol. The highest BCUT2D eigenvalue weighted by Gasteiger charge is 2.42. The average Bonchev–Trinajstić information content (AvgIpc) is 2.13. The van der Waals surface area contributed by atoms with Gasteiger partial charge in [0.15, 0.2) is 0 Å². The maximum atomic E-state index is 2.52. The lowest BCUT2D eigenvalue weighted by atomic mass is 9.56. The van der Waals surface area contributed by atoms with Crippen molar-refractivity contribution in [2.75, 3.05) is 0 Å². The molecule has 1 aliphatic rings. The van der Waals surface area contributed by atoms with E-state index >= 15 is 0 Å². The summed E-state index contributed by atoms with van der Waals surface area (Å²) in [6.07, 6.45) is 5.63. The van der Waals surface area contributed by atoms with E-state index in [9.17, 15) is 0 Å². The number of hydrogen-bond donors (Lipinski definition) is 0. The Morgan fingerprint density at radius 3 is 2.15 bits per heavy atom. The molecule has 0 N–H and O–H groups in total. The summed E-state index contributed by atoms with van der Waals surface area (Å²) in [6, 6.07) is 0. The van der Waals surface area contributed by atoms with Gasteiger partial charge in [-0.2, -0.15) is 0 Å².